The van der Waals surface area contributed by atoms with Gasteiger partial charge >= 0.3 is 0 Å². The first kappa shape index (κ1) is 18.7. The lowest BCUT2D eigenvalue weighted by molar-refractivity contribution is 0.0303. The maximum atomic E-state index is 12.6. The third-order valence-corrected chi connectivity index (χ3v) is 4.33. The smallest absolute Gasteiger partial charge is 0.255 e. The average Bonchev–Trinajstić information content (AvgIpc) is 2.74. The van der Waals surface area contributed by atoms with Crippen molar-refractivity contribution in [3.8, 4) is 11.5 Å². The summed E-state index contributed by atoms with van der Waals surface area (Å²) in [6, 6.07) is 11.8. The van der Waals surface area contributed by atoms with Crippen LogP contribution in [0.15, 0.2) is 42.5 Å². The molecule has 142 valence electrons. The quantitative estimate of drug-likeness (QED) is 0.875. The van der Waals surface area contributed by atoms with E-state index in [1.165, 1.54) is 7.11 Å². The van der Waals surface area contributed by atoms with Crippen LogP contribution in [0.25, 0.3) is 0 Å². The Bertz CT molecular complexity index is 831. The molecule has 0 aliphatic carbocycles. The minimum absolute atomic E-state index is 0.102. The molecule has 0 saturated carbocycles. The molecule has 0 bridgehead atoms. The van der Waals surface area contributed by atoms with Crippen LogP contribution in [0, 0.1) is 0 Å². The van der Waals surface area contributed by atoms with Gasteiger partial charge in [0, 0.05) is 30.3 Å². The number of nitrogens with one attached hydrogen (secondary N) is 1. The molecule has 1 aliphatic heterocycles. The van der Waals surface area contributed by atoms with Gasteiger partial charge in [0.05, 0.1) is 33.1 Å². The number of hydrogen-bond donors (Lipinski definition) is 1. The van der Waals surface area contributed by atoms with Crippen molar-refractivity contribution in [2.24, 2.45) is 0 Å². The first-order valence-corrected chi connectivity index (χ1v) is 8.63. The van der Waals surface area contributed by atoms with Crippen molar-refractivity contribution in [2.75, 3.05) is 45.8 Å². The number of benzene rings is 2. The van der Waals surface area contributed by atoms with E-state index in [1.807, 2.05) is 0 Å². The van der Waals surface area contributed by atoms with Gasteiger partial charge in [-0.1, -0.05) is 6.07 Å². The molecule has 0 aromatic heterocycles. The Labute approximate surface area is 157 Å². The molecule has 7 nitrogen and oxygen atoms in total. The molecule has 1 fully saturated rings. The normalized spacial score (nSPS) is 13.8. The molecule has 1 saturated heterocycles. The second-order valence-electron chi connectivity index (χ2n) is 6.01. The van der Waals surface area contributed by atoms with Gasteiger partial charge in [0.25, 0.3) is 11.8 Å². The number of ether oxygens (including phenoxy) is 3. The Morgan fingerprint density at radius 1 is 1.00 bits per heavy atom. The first-order valence-electron chi connectivity index (χ1n) is 8.63. The van der Waals surface area contributed by atoms with Gasteiger partial charge in [0.2, 0.25) is 0 Å². The number of carbonyl (C=O) groups excluding carboxylic acids is 2. The number of morpholine rings is 1. The molecule has 2 aromatic carbocycles. The molecule has 1 heterocycles. The van der Waals surface area contributed by atoms with Gasteiger partial charge in [-0.2, -0.15) is 0 Å². The zero-order valence-corrected chi connectivity index (χ0v) is 15.4. The molecule has 2 aromatic rings. The molecular weight excluding hydrogens is 348 g/mol. The van der Waals surface area contributed by atoms with Crippen molar-refractivity contribution in [3.05, 3.63) is 53.6 Å². The Balaban J connectivity index is 1.76. The first-order chi connectivity index (χ1) is 13.1. The summed E-state index contributed by atoms with van der Waals surface area (Å²) in [4.78, 5) is 27.0. The lowest BCUT2D eigenvalue weighted by Gasteiger charge is -2.27. The molecule has 7 heteroatoms. The van der Waals surface area contributed by atoms with E-state index in [0.717, 1.165) is 0 Å². The highest BCUT2D eigenvalue weighted by molar-refractivity contribution is 6.06. The van der Waals surface area contributed by atoms with E-state index in [9.17, 15) is 9.59 Å². The van der Waals surface area contributed by atoms with Crippen molar-refractivity contribution in [1.82, 2.24) is 4.90 Å². The molecule has 2 amide bonds. The maximum absolute atomic E-state index is 12.6. The van der Waals surface area contributed by atoms with Gasteiger partial charge in [-0.05, 0) is 30.3 Å². The van der Waals surface area contributed by atoms with Gasteiger partial charge in [0.1, 0.15) is 11.5 Å². The van der Waals surface area contributed by atoms with Crippen LogP contribution < -0.4 is 14.8 Å². The lowest BCUT2D eigenvalue weighted by atomic mass is 10.1. The number of hydrogen-bond acceptors (Lipinski definition) is 5. The fourth-order valence-corrected chi connectivity index (χ4v) is 2.84. The van der Waals surface area contributed by atoms with Gasteiger partial charge in [-0.15, -0.1) is 0 Å². The summed E-state index contributed by atoms with van der Waals surface area (Å²) in [5.74, 6) is 0.691. The predicted octanol–water partition coefficient (Wildman–Crippen LogP) is 2.43. The second-order valence-corrected chi connectivity index (χ2v) is 6.01. The summed E-state index contributed by atoms with van der Waals surface area (Å²) in [7, 11) is 3.08. The van der Waals surface area contributed by atoms with E-state index in [4.69, 9.17) is 14.2 Å². The van der Waals surface area contributed by atoms with Gasteiger partial charge in [0.15, 0.2) is 0 Å². The van der Waals surface area contributed by atoms with Crippen LogP contribution in [0.5, 0.6) is 11.5 Å². The van der Waals surface area contributed by atoms with Crippen LogP contribution in [0.2, 0.25) is 0 Å². The standard InChI is InChI=1S/C20H22N2O5/c1-25-16-6-7-17(18(13-16)26-2)21-19(23)14-4-3-5-15(12-14)20(24)22-8-10-27-11-9-22/h3-7,12-13H,8-11H2,1-2H3,(H,21,23). The summed E-state index contributed by atoms with van der Waals surface area (Å²) in [6.45, 7) is 2.17. The van der Waals surface area contributed by atoms with Crippen molar-refractivity contribution in [2.45, 2.75) is 0 Å². The maximum Gasteiger partial charge on any atom is 0.255 e. The van der Waals surface area contributed by atoms with Crippen LogP contribution in [-0.4, -0.2) is 57.2 Å². The van der Waals surface area contributed by atoms with E-state index in [1.54, 1.807) is 54.5 Å². The highest BCUT2D eigenvalue weighted by Gasteiger charge is 2.20. The lowest BCUT2D eigenvalue weighted by Crippen LogP contribution is -2.40. The molecule has 0 radical (unpaired) electrons. The molecule has 0 atom stereocenters. The summed E-state index contributed by atoms with van der Waals surface area (Å²) in [5.41, 5.74) is 1.39. The van der Waals surface area contributed by atoms with Gasteiger partial charge < -0.3 is 24.4 Å². The largest absolute Gasteiger partial charge is 0.497 e. The topological polar surface area (TPSA) is 77.1 Å². The third-order valence-electron chi connectivity index (χ3n) is 4.33. The number of anilines is 1. The molecule has 27 heavy (non-hydrogen) atoms. The number of carbonyl (C=O) groups is 2. The number of amides is 2. The van der Waals surface area contributed by atoms with E-state index in [-0.39, 0.29) is 11.8 Å². The van der Waals surface area contributed by atoms with E-state index < -0.39 is 0 Å². The second kappa shape index (κ2) is 8.55. The average molecular weight is 370 g/mol. The molecule has 1 N–H and O–H groups in total. The number of rotatable bonds is 5. The van der Waals surface area contributed by atoms with E-state index >= 15 is 0 Å². The van der Waals surface area contributed by atoms with Crippen molar-refractivity contribution in [3.63, 3.8) is 0 Å². The Morgan fingerprint density at radius 2 is 1.74 bits per heavy atom. The number of nitrogens with zero attached hydrogens (tertiary/aromatic N) is 1. The summed E-state index contributed by atoms with van der Waals surface area (Å²) in [6.07, 6.45) is 0. The summed E-state index contributed by atoms with van der Waals surface area (Å²) < 4.78 is 15.7. The molecule has 0 spiro atoms. The van der Waals surface area contributed by atoms with Crippen molar-refractivity contribution in [1.29, 1.82) is 0 Å². The fourth-order valence-electron chi connectivity index (χ4n) is 2.84. The Hall–Kier alpha value is -3.06. The Morgan fingerprint density at radius 3 is 2.44 bits per heavy atom. The zero-order valence-electron chi connectivity index (χ0n) is 15.4. The monoisotopic (exact) mass is 370 g/mol. The van der Waals surface area contributed by atoms with Crippen LogP contribution in [0.4, 0.5) is 5.69 Å². The SMILES string of the molecule is COc1ccc(NC(=O)c2cccc(C(=O)N3CCOCC3)c2)c(OC)c1. The van der Waals surface area contributed by atoms with Crippen LogP contribution >= 0.6 is 0 Å². The van der Waals surface area contributed by atoms with Crippen LogP contribution in [0.3, 0.4) is 0 Å². The van der Waals surface area contributed by atoms with Crippen molar-refractivity contribution >= 4 is 17.5 Å². The van der Waals surface area contributed by atoms with Crippen molar-refractivity contribution < 1.29 is 23.8 Å². The number of methoxy groups -OCH3 is 2. The predicted molar refractivity (Wildman–Crippen MR) is 101 cm³/mol. The van der Waals surface area contributed by atoms with Gasteiger partial charge in [-0.25, -0.2) is 0 Å². The van der Waals surface area contributed by atoms with Crippen LogP contribution in [0.1, 0.15) is 20.7 Å². The minimum Gasteiger partial charge on any atom is -0.497 e. The molecule has 0 unspecified atom stereocenters. The van der Waals surface area contributed by atoms with Gasteiger partial charge in [-0.3, -0.25) is 9.59 Å². The highest BCUT2D eigenvalue weighted by Crippen LogP contribution is 2.29. The highest BCUT2D eigenvalue weighted by atomic mass is 16.5. The zero-order chi connectivity index (χ0) is 19.2. The summed E-state index contributed by atoms with van der Waals surface area (Å²) >= 11 is 0. The minimum atomic E-state index is -0.324. The summed E-state index contributed by atoms with van der Waals surface area (Å²) in [5, 5.41) is 2.81. The van der Waals surface area contributed by atoms with E-state index in [2.05, 4.69) is 5.32 Å². The third kappa shape index (κ3) is 4.38. The molecule has 3 rings (SSSR count). The van der Waals surface area contributed by atoms with E-state index in [0.29, 0.717) is 54.6 Å². The fraction of sp³-hybridized carbons (Fsp3) is 0.300. The Kier molecular flexibility index (Phi) is 5.93. The molecular formula is C20H22N2O5. The van der Waals surface area contributed by atoms with Crippen LogP contribution in [-0.2, 0) is 4.74 Å². The molecule has 1 aliphatic rings.